The number of methoxy groups -OCH3 is 1. The van der Waals surface area contributed by atoms with Crippen LogP contribution >= 0.6 is 11.6 Å². The minimum atomic E-state index is 0.408. The van der Waals surface area contributed by atoms with Crippen molar-refractivity contribution >= 4 is 17.6 Å². The molecule has 0 fully saturated rings. The average Bonchev–Trinajstić information content (AvgIpc) is 2.34. The molecule has 1 aromatic rings. The second kappa shape index (κ2) is 7.01. The molecule has 0 saturated carbocycles. The molecule has 0 atom stereocenters. The van der Waals surface area contributed by atoms with E-state index < -0.39 is 0 Å². The van der Waals surface area contributed by atoms with Gasteiger partial charge in [-0.25, -0.2) is 4.99 Å². The standard InChI is InChI=1S/C12H18ClN3O/c1-3-7-15-12(14)16-8-9-10(13)5-4-6-11(9)17-2/h4-6H,3,7-8H2,1-2H3,(H3,14,15,16). The van der Waals surface area contributed by atoms with Crippen LogP contribution in [0.2, 0.25) is 5.02 Å². The lowest BCUT2D eigenvalue weighted by atomic mass is 10.2. The van der Waals surface area contributed by atoms with Gasteiger partial charge in [0.1, 0.15) is 5.75 Å². The van der Waals surface area contributed by atoms with E-state index in [4.69, 9.17) is 22.1 Å². The Hall–Kier alpha value is -1.42. The summed E-state index contributed by atoms with van der Waals surface area (Å²) < 4.78 is 5.22. The van der Waals surface area contributed by atoms with E-state index in [2.05, 4.69) is 17.2 Å². The number of nitrogens with zero attached hydrogens (tertiary/aromatic N) is 1. The number of nitrogens with one attached hydrogen (secondary N) is 1. The van der Waals surface area contributed by atoms with Crippen LogP contribution in [0.25, 0.3) is 0 Å². The maximum Gasteiger partial charge on any atom is 0.188 e. The Labute approximate surface area is 107 Å². The summed E-state index contributed by atoms with van der Waals surface area (Å²) in [6.45, 7) is 3.29. The van der Waals surface area contributed by atoms with E-state index >= 15 is 0 Å². The van der Waals surface area contributed by atoms with Crippen LogP contribution in [0.5, 0.6) is 5.75 Å². The van der Waals surface area contributed by atoms with Gasteiger partial charge in [-0.05, 0) is 18.6 Å². The number of rotatable bonds is 5. The minimum absolute atomic E-state index is 0.408. The molecule has 0 radical (unpaired) electrons. The van der Waals surface area contributed by atoms with Crippen LogP contribution in [0, 0.1) is 0 Å². The van der Waals surface area contributed by atoms with Crippen molar-refractivity contribution in [3.63, 3.8) is 0 Å². The topological polar surface area (TPSA) is 59.6 Å². The summed E-state index contributed by atoms with van der Waals surface area (Å²) in [5, 5.41) is 3.64. The third-order valence-electron chi connectivity index (χ3n) is 2.26. The first-order chi connectivity index (χ1) is 8.19. The maximum absolute atomic E-state index is 6.09. The zero-order valence-corrected chi connectivity index (χ0v) is 10.9. The van der Waals surface area contributed by atoms with Crippen LogP contribution in [-0.4, -0.2) is 19.6 Å². The van der Waals surface area contributed by atoms with Crippen molar-refractivity contribution in [2.45, 2.75) is 19.9 Å². The lowest BCUT2D eigenvalue weighted by Gasteiger charge is -2.09. The molecule has 0 heterocycles. The van der Waals surface area contributed by atoms with Gasteiger partial charge in [0.25, 0.3) is 0 Å². The number of hydrogen-bond donors (Lipinski definition) is 2. The second-order valence-electron chi connectivity index (χ2n) is 3.55. The van der Waals surface area contributed by atoms with E-state index in [0.29, 0.717) is 17.5 Å². The third-order valence-corrected chi connectivity index (χ3v) is 2.61. The van der Waals surface area contributed by atoms with E-state index in [1.165, 1.54) is 0 Å². The van der Waals surface area contributed by atoms with Crippen LogP contribution in [0.1, 0.15) is 18.9 Å². The molecule has 4 nitrogen and oxygen atoms in total. The van der Waals surface area contributed by atoms with Crippen molar-refractivity contribution in [3.05, 3.63) is 28.8 Å². The lowest BCUT2D eigenvalue weighted by Crippen LogP contribution is -2.32. The van der Waals surface area contributed by atoms with Gasteiger partial charge in [-0.1, -0.05) is 24.6 Å². The van der Waals surface area contributed by atoms with Gasteiger partial charge < -0.3 is 15.8 Å². The molecule has 94 valence electrons. The highest BCUT2D eigenvalue weighted by Gasteiger charge is 2.06. The molecule has 0 aromatic heterocycles. The summed E-state index contributed by atoms with van der Waals surface area (Å²) in [7, 11) is 1.61. The molecule has 0 saturated heterocycles. The smallest absolute Gasteiger partial charge is 0.188 e. The highest BCUT2D eigenvalue weighted by Crippen LogP contribution is 2.26. The first-order valence-corrected chi connectivity index (χ1v) is 5.92. The van der Waals surface area contributed by atoms with Crippen LogP contribution in [-0.2, 0) is 6.54 Å². The molecule has 0 aliphatic carbocycles. The van der Waals surface area contributed by atoms with Crippen LogP contribution in [0.4, 0.5) is 0 Å². The third kappa shape index (κ3) is 4.15. The predicted octanol–water partition coefficient (Wildman–Crippen LogP) is 2.16. The van der Waals surface area contributed by atoms with Crippen molar-refractivity contribution in [1.29, 1.82) is 0 Å². The van der Waals surface area contributed by atoms with Crippen molar-refractivity contribution in [2.24, 2.45) is 10.7 Å². The Kier molecular flexibility index (Phi) is 5.63. The second-order valence-corrected chi connectivity index (χ2v) is 3.96. The number of hydrogen-bond acceptors (Lipinski definition) is 2. The van der Waals surface area contributed by atoms with E-state index in [0.717, 1.165) is 24.3 Å². The van der Waals surface area contributed by atoms with E-state index in [1.807, 2.05) is 18.2 Å². The summed E-state index contributed by atoms with van der Waals surface area (Å²) in [6, 6.07) is 5.50. The van der Waals surface area contributed by atoms with Crippen LogP contribution in [0.15, 0.2) is 23.2 Å². The largest absolute Gasteiger partial charge is 0.496 e. The molecule has 0 unspecified atom stereocenters. The van der Waals surface area contributed by atoms with Gasteiger partial charge in [-0.15, -0.1) is 0 Å². The summed E-state index contributed by atoms with van der Waals surface area (Å²) in [6.07, 6.45) is 1.01. The van der Waals surface area contributed by atoms with E-state index in [9.17, 15) is 0 Å². The lowest BCUT2D eigenvalue weighted by molar-refractivity contribution is 0.410. The summed E-state index contributed by atoms with van der Waals surface area (Å²) in [5.74, 6) is 1.15. The highest BCUT2D eigenvalue weighted by molar-refractivity contribution is 6.31. The Morgan fingerprint density at radius 3 is 2.94 bits per heavy atom. The van der Waals surface area contributed by atoms with Crippen molar-refractivity contribution in [2.75, 3.05) is 13.7 Å². The molecule has 0 aliphatic heterocycles. The van der Waals surface area contributed by atoms with E-state index in [1.54, 1.807) is 7.11 Å². The molecule has 0 bridgehead atoms. The van der Waals surface area contributed by atoms with Gasteiger partial charge in [0.05, 0.1) is 13.7 Å². The highest BCUT2D eigenvalue weighted by atomic mass is 35.5. The fourth-order valence-electron chi connectivity index (χ4n) is 1.36. The molecular weight excluding hydrogens is 238 g/mol. The number of ether oxygens (including phenoxy) is 1. The van der Waals surface area contributed by atoms with Gasteiger partial charge >= 0.3 is 0 Å². The quantitative estimate of drug-likeness (QED) is 0.626. The van der Waals surface area contributed by atoms with Crippen molar-refractivity contribution in [1.82, 2.24) is 5.32 Å². The first kappa shape index (κ1) is 13.6. The molecule has 5 heteroatoms. The number of benzene rings is 1. The SMILES string of the molecule is CCCNC(N)=NCc1c(Cl)cccc1OC. The molecule has 1 aromatic carbocycles. The van der Waals surface area contributed by atoms with Gasteiger partial charge in [-0.2, -0.15) is 0 Å². The molecule has 0 aliphatic rings. The molecule has 3 N–H and O–H groups in total. The fraction of sp³-hybridized carbons (Fsp3) is 0.417. The number of aliphatic imine (C=N–C) groups is 1. The zero-order chi connectivity index (χ0) is 12.7. The molecular formula is C12H18ClN3O. The zero-order valence-electron chi connectivity index (χ0n) is 10.2. The number of nitrogens with two attached hydrogens (primary N) is 1. The minimum Gasteiger partial charge on any atom is -0.496 e. The van der Waals surface area contributed by atoms with Gasteiger partial charge in [0.2, 0.25) is 0 Å². The van der Waals surface area contributed by atoms with Crippen LogP contribution < -0.4 is 15.8 Å². The molecule has 17 heavy (non-hydrogen) atoms. The Balaban J connectivity index is 2.74. The summed E-state index contributed by atoms with van der Waals surface area (Å²) >= 11 is 6.09. The molecule has 1 rings (SSSR count). The van der Waals surface area contributed by atoms with Gasteiger partial charge in [-0.3, -0.25) is 0 Å². The Morgan fingerprint density at radius 2 is 2.29 bits per heavy atom. The van der Waals surface area contributed by atoms with Gasteiger partial charge in [0, 0.05) is 17.1 Å². The Bertz CT molecular complexity index is 393. The van der Waals surface area contributed by atoms with E-state index in [-0.39, 0.29) is 0 Å². The fourth-order valence-corrected chi connectivity index (χ4v) is 1.58. The normalized spacial score (nSPS) is 11.4. The van der Waals surface area contributed by atoms with Gasteiger partial charge in [0.15, 0.2) is 5.96 Å². The maximum atomic E-state index is 6.09. The summed E-state index contributed by atoms with van der Waals surface area (Å²) in [5.41, 5.74) is 6.55. The summed E-state index contributed by atoms with van der Waals surface area (Å²) in [4.78, 5) is 4.22. The average molecular weight is 256 g/mol. The monoisotopic (exact) mass is 255 g/mol. The Morgan fingerprint density at radius 1 is 1.53 bits per heavy atom. The number of guanidine groups is 1. The van der Waals surface area contributed by atoms with Crippen molar-refractivity contribution < 1.29 is 4.74 Å². The number of halogens is 1. The molecule has 0 amide bonds. The van der Waals surface area contributed by atoms with Crippen LogP contribution in [0.3, 0.4) is 0 Å². The van der Waals surface area contributed by atoms with Crippen molar-refractivity contribution in [3.8, 4) is 5.75 Å². The predicted molar refractivity (Wildman–Crippen MR) is 71.6 cm³/mol. The molecule has 0 spiro atoms. The first-order valence-electron chi connectivity index (χ1n) is 5.54.